The first-order valence-corrected chi connectivity index (χ1v) is 11.0. The highest BCUT2D eigenvalue weighted by Gasteiger charge is 2.28. The number of rotatable bonds is 3. The summed E-state index contributed by atoms with van der Waals surface area (Å²) in [5.74, 6) is 1.87. The van der Waals surface area contributed by atoms with Crippen LogP contribution in [0, 0.1) is 0 Å². The molecular weight excluding hydrogens is 552 g/mol. The number of thioether (sulfide) groups is 1. The second kappa shape index (κ2) is 7.49. The van der Waals surface area contributed by atoms with E-state index in [-0.39, 0.29) is 0 Å². The third kappa shape index (κ3) is 3.51. The number of ether oxygens (including phenoxy) is 1. The van der Waals surface area contributed by atoms with Crippen LogP contribution in [0.25, 0.3) is 11.3 Å². The first kappa shape index (κ1) is 18.3. The lowest BCUT2D eigenvalue weighted by atomic mass is 10.1. The third-order valence-electron chi connectivity index (χ3n) is 3.58. The molecule has 6 nitrogen and oxygen atoms in total. The zero-order chi connectivity index (χ0) is 18.3. The molecule has 3 heterocycles. The number of nitrogens with zero attached hydrogens (tertiary/aromatic N) is 3. The minimum atomic E-state index is -0.560. The highest BCUT2D eigenvalue weighted by atomic mass is 79.9. The van der Waals surface area contributed by atoms with Crippen molar-refractivity contribution in [1.29, 1.82) is 0 Å². The maximum atomic E-state index is 6.13. The minimum absolute atomic E-state index is 0.411. The van der Waals surface area contributed by atoms with Crippen LogP contribution in [0.1, 0.15) is 18.9 Å². The third-order valence-corrected chi connectivity index (χ3v) is 6.51. The Morgan fingerprint density at radius 1 is 1.19 bits per heavy atom. The van der Waals surface area contributed by atoms with Crippen LogP contribution in [0.2, 0.25) is 0 Å². The smallest absolute Gasteiger partial charge is 0.247 e. The highest BCUT2D eigenvalue weighted by Crippen LogP contribution is 2.42. The summed E-state index contributed by atoms with van der Waals surface area (Å²) in [6, 6.07) is 7.71. The Hall–Kier alpha value is -1.10. The van der Waals surface area contributed by atoms with E-state index in [1.54, 1.807) is 0 Å². The number of furan rings is 1. The number of aromatic nitrogens is 3. The molecule has 26 heavy (non-hydrogen) atoms. The second-order valence-corrected chi connectivity index (χ2v) is 9.01. The predicted octanol–water partition coefficient (Wildman–Crippen LogP) is 6.03. The largest absolute Gasteiger partial charge is 0.447 e. The fourth-order valence-electron chi connectivity index (χ4n) is 2.48. The van der Waals surface area contributed by atoms with Gasteiger partial charge < -0.3 is 14.5 Å². The molecule has 134 valence electrons. The highest BCUT2D eigenvalue weighted by molar-refractivity contribution is 9.13. The standard InChI is InChI=1S/C16H11Br3N4O2S/c1-2-26-16-21-15-12(22-23-16)8-5-7(17)3-4-10(8)20-14(25-15)11-6-9(18)13(19)24-11/h3-6,14,20H,2H2,1H3/t14-/m0/s1. The number of anilines is 1. The zero-order valence-corrected chi connectivity index (χ0v) is 18.9. The van der Waals surface area contributed by atoms with Gasteiger partial charge in [-0.1, -0.05) is 34.6 Å². The minimum Gasteiger partial charge on any atom is -0.447 e. The molecule has 0 radical (unpaired) electrons. The molecule has 0 fully saturated rings. The van der Waals surface area contributed by atoms with Crippen molar-refractivity contribution in [2.24, 2.45) is 0 Å². The van der Waals surface area contributed by atoms with E-state index in [0.717, 1.165) is 25.9 Å². The molecule has 1 N–H and O–H groups in total. The van der Waals surface area contributed by atoms with Crippen molar-refractivity contribution in [3.63, 3.8) is 0 Å². The van der Waals surface area contributed by atoms with Gasteiger partial charge >= 0.3 is 0 Å². The molecule has 4 rings (SSSR count). The molecule has 0 saturated heterocycles. The number of fused-ring (bicyclic) bond motifs is 3. The average Bonchev–Trinajstić information content (AvgIpc) is 2.86. The molecule has 1 aliphatic rings. The first-order chi connectivity index (χ1) is 12.5. The molecule has 0 bridgehead atoms. The molecule has 0 amide bonds. The van der Waals surface area contributed by atoms with Gasteiger partial charge in [-0.05, 0) is 55.8 Å². The fraction of sp³-hybridized carbons (Fsp3) is 0.188. The summed E-state index contributed by atoms with van der Waals surface area (Å²) in [5, 5.41) is 12.5. The molecular formula is C16H11Br3N4O2S. The summed E-state index contributed by atoms with van der Waals surface area (Å²) in [7, 11) is 0. The van der Waals surface area contributed by atoms with E-state index in [1.165, 1.54) is 11.8 Å². The lowest BCUT2D eigenvalue weighted by Gasteiger charge is -2.16. The number of hydrogen-bond donors (Lipinski definition) is 1. The van der Waals surface area contributed by atoms with Crippen LogP contribution in [0.15, 0.2) is 47.5 Å². The van der Waals surface area contributed by atoms with Crippen LogP contribution in [-0.2, 0) is 0 Å². The summed E-state index contributed by atoms with van der Waals surface area (Å²) in [5.41, 5.74) is 2.30. The van der Waals surface area contributed by atoms with E-state index in [9.17, 15) is 0 Å². The lowest BCUT2D eigenvalue weighted by Crippen LogP contribution is -2.16. The summed E-state index contributed by atoms with van der Waals surface area (Å²) in [4.78, 5) is 4.54. The molecule has 0 unspecified atom stereocenters. The number of benzene rings is 1. The SMILES string of the molecule is CCSc1nnc2c(n1)O[C@@H](c1cc(Br)c(Br)o1)Nc1ccc(Br)cc1-2. The van der Waals surface area contributed by atoms with Crippen molar-refractivity contribution in [3.8, 4) is 17.1 Å². The van der Waals surface area contributed by atoms with Gasteiger partial charge in [0, 0.05) is 21.8 Å². The summed E-state index contributed by atoms with van der Waals surface area (Å²) in [6.45, 7) is 2.04. The van der Waals surface area contributed by atoms with Gasteiger partial charge in [-0.15, -0.1) is 10.2 Å². The van der Waals surface area contributed by atoms with Crippen LogP contribution in [0.3, 0.4) is 0 Å². The molecule has 0 aliphatic carbocycles. The van der Waals surface area contributed by atoms with Crippen LogP contribution in [0.5, 0.6) is 5.88 Å². The van der Waals surface area contributed by atoms with E-state index in [1.807, 2.05) is 31.2 Å². The molecule has 0 spiro atoms. The molecule has 0 saturated carbocycles. The van der Waals surface area contributed by atoms with Crippen molar-refractivity contribution in [3.05, 3.63) is 43.6 Å². The van der Waals surface area contributed by atoms with Gasteiger partial charge in [-0.3, -0.25) is 0 Å². The maximum absolute atomic E-state index is 6.13. The predicted molar refractivity (Wildman–Crippen MR) is 110 cm³/mol. The number of hydrogen-bond acceptors (Lipinski definition) is 7. The quantitative estimate of drug-likeness (QED) is 0.390. The Kier molecular flexibility index (Phi) is 5.27. The lowest BCUT2D eigenvalue weighted by molar-refractivity contribution is 0.194. The average molecular weight is 563 g/mol. The van der Waals surface area contributed by atoms with Gasteiger partial charge in [0.15, 0.2) is 16.1 Å². The Morgan fingerprint density at radius 3 is 2.77 bits per heavy atom. The van der Waals surface area contributed by atoms with E-state index in [2.05, 4.69) is 68.3 Å². The van der Waals surface area contributed by atoms with Crippen molar-refractivity contribution < 1.29 is 9.15 Å². The van der Waals surface area contributed by atoms with E-state index >= 15 is 0 Å². The maximum Gasteiger partial charge on any atom is 0.247 e. The fourth-order valence-corrected chi connectivity index (χ4v) is 3.95. The van der Waals surface area contributed by atoms with E-state index in [0.29, 0.717) is 27.2 Å². The van der Waals surface area contributed by atoms with Gasteiger partial charge in [0.05, 0.1) is 4.47 Å². The molecule has 1 aliphatic heterocycles. The second-order valence-electron chi connectivity index (χ2n) is 5.28. The van der Waals surface area contributed by atoms with E-state index < -0.39 is 6.23 Å². The Morgan fingerprint density at radius 2 is 2.04 bits per heavy atom. The normalized spacial score (nSPS) is 15.5. The molecule has 10 heteroatoms. The summed E-state index contributed by atoms with van der Waals surface area (Å²) in [6.07, 6.45) is -0.560. The van der Waals surface area contributed by atoms with Crippen LogP contribution < -0.4 is 10.1 Å². The van der Waals surface area contributed by atoms with Crippen LogP contribution >= 0.6 is 59.6 Å². The summed E-state index contributed by atoms with van der Waals surface area (Å²) < 4.78 is 14.2. The van der Waals surface area contributed by atoms with Crippen LogP contribution in [0.4, 0.5) is 5.69 Å². The molecule has 2 aromatic heterocycles. The van der Waals surface area contributed by atoms with Crippen molar-refractivity contribution in [2.45, 2.75) is 18.3 Å². The van der Waals surface area contributed by atoms with Crippen molar-refractivity contribution in [1.82, 2.24) is 15.2 Å². The molecule has 1 atom stereocenters. The van der Waals surface area contributed by atoms with Gasteiger partial charge in [0.1, 0.15) is 0 Å². The Bertz CT molecular complexity index is 963. The van der Waals surface area contributed by atoms with Gasteiger partial charge in [-0.2, -0.15) is 4.98 Å². The topological polar surface area (TPSA) is 73.1 Å². The first-order valence-electron chi connectivity index (χ1n) is 7.60. The zero-order valence-electron chi connectivity index (χ0n) is 13.3. The monoisotopic (exact) mass is 560 g/mol. The van der Waals surface area contributed by atoms with Crippen molar-refractivity contribution >= 4 is 65.2 Å². The van der Waals surface area contributed by atoms with Gasteiger partial charge in [0.25, 0.3) is 0 Å². The number of halogens is 3. The van der Waals surface area contributed by atoms with Crippen molar-refractivity contribution in [2.75, 3.05) is 11.1 Å². The van der Waals surface area contributed by atoms with Gasteiger partial charge in [-0.25, -0.2) is 0 Å². The Labute approximate surface area is 178 Å². The van der Waals surface area contributed by atoms with Crippen LogP contribution in [-0.4, -0.2) is 20.9 Å². The molecule has 1 aromatic carbocycles. The summed E-state index contributed by atoms with van der Waals surface area (Å²) >= 11 is 11.8. The molecule has 3 aromatic rings. The number of nitrogens with one attached hydrogen (secondary N) is 1. The Balaban J connectivity index is 1.85. The van der Waals surface area contributed by atoms with E-state index in [4.69, 9.17) is 9.15 Å². The van der Waals surface area contributed by atoms with Gasteiger partial charge in [0.2, 0.25) is 17.3 Å².